The Bertz CT molecular complexity index is 2550. The molecule has 1 N–H and O–H groups in total. The molecule has 304 valence electrons. The molecule has 0 unspecified atom stereocenters. The Morgan fingerprint density at radius 3 is 2.17 bits per heavy atom. The van der Waals surface area contributed by atoms with E-state index in [1.54, 1.807) is 0 Å². The van der Waals surface area contributed by atoms with Gasteiger partial charge in [0.2, 0.25) is 0 Å². The van der Waals surface area contributed by atoms with E-state index in [4.69, 9.17) is 9.72 Å². The Labute approximate surface area is 361 Å². The van der Waals surface area contributed by atoms with Crippen LogP contribution in [0.25, 0.3) is 27.6 Å². The van der Waals surface area contributed by atoms with E-state index in [2.05, 4.69) is 189 Å². The zero-order chi connectivity index (χ0) is 40.6. The number of fused-ring (bicyclic) bond motifs is 3. The van der Waals surface area contributed by atoms with Crippen LogP contribution in [0.2, 0.25) is 0 Å². The predicted octanol–water partition coefficient (Wildman–Crippen LogP) is 14.2. The number of pyridine rings is 1. The maximum Gasteiger partial charge on any atom is 0.135 e. The quantitative estimate of drug-likeness (QED) is 0.131. The summed E-state index contributed by atoms with van der Waals surface area (Å²) >= 11 is 0. The van der Waals surface area contributed by atoms with Gasteiger partial charge >= 0.3 is 0 Å². The maximum absolute atomic E-state index is 6.74. The number of benzene rings is 5. The standard InChI is InChI=1S/C52H57N4O.Pt/c1-12-36-28-46(54-40-18-16-17-38(30-40)51(5,6)7)49(29-37(36)13-2)55(11)41-26-35(25-34(3)4)27-43(32-41)57-42-21-22-45-44-19-14-15-20-47(44)56(48(45)33-42)50-31-39(23-24-53-50)52(8,9)10;/h14-24,26-31,34,54H,11-13,25H2,1-10H3;/q-3;. The number of rotatable bonds is 11. The van der Waals surface area contributed by atoms with Gasteiger partial charge in [0.15, 0.2) is 0 Å². The van der Waals surface area contributed by atoms with E-state index in [0.29, 0.717) is 17.4 Å². The third-order valence-corrected chi connectivity index (χ3v) is 10.8. The van der Waals surface area contributed by atoms with Gasteiger partial charge in [0.25, 0.3) is 0 Å². The van der Waals surface area contributed by atoms with Crippen molar-refractivity contribution in [2.45, 2.75) is 99.3 Å². The van der Waals surface area contributed by atoms with Crippen molar-refractivity contribution in [3.8, 4) is 17.3 Å². The maximum atomic E-state index is 6.74. The molecule has 0 aliphatic heterocycles. The van der Waals surface area contributed by atoms with Gasteiger partial charge in [-0.1, -0.05) is 105 Å². The SMILES string of the molecule is [CH2-]N(c1[c-]c(Oc2[c-]c3c(cc2)c2ccccc2n3-c2cc(C(C)(C)C)ccn2)cc(CC(C)C)c1)c1cc(CC)c(CC)cc1Nc1cccc(C(C)(C)C)c1.[Pt]. The number of hydrogen-bond donors (Lipinski definition) is 1. The number of nitrogens with zero attached hydrogens (tertiary/aromatic N) is 3. The molecule has 0 fully saturated rings. The van der Waals surface area contributed by atoms with Crippen LogP contribution in [0.4, 0.5) is 22.7 Å². The predicted molar refractivity (Wildman–Crippen MR) is 241 cm³/mol. The van der Waals surface area contributed by atoms with Gasteiger partial charge in [-0.3, -0.25) is 7.05 Å². The van der Waals surface area contributed by atoms with E-state index in [-0.39, 0.29) is 31.9 Å². The van der Waals surface area contributed by atoms with Crippen molar-refractivity contribution in [3.05, 3.63) is 150 Å². The molecule has 0 bridgehead atoms. The molecule has 6 heteroatoms. The minimum absolute atomic E-state index is 0. The minimum atomic E-state index is -0.0185. The number of para-hydroxylation sites is 1. The first kappa shape index (κ1) is 42.7. The Morgan fingerprint density at radius 1 is 0.759 bits per heavy atom. The summed E-state index contributed by atoms with van der Waals surface area (Å²) in [6.07, 6.45) is 4.67. The first-order chi connectivity index (χ1) is 27.1. The van der Waals surface area contributed by atoms with E-state index < -0.39 is 0 Å². The topological polar surface area (TPSA) is 42.3 Å². The fraction of sp³-hybridized carbons (Fsp3) is 0.308. The molecule has 2 heterocycles. The third kappa shape index (κ3) is 9.06. The third-order valence-electron chi connectivity index (χ3n) is 10.8. The van der Waals surface area contributed by atoms with Crippen LogP contribution in [-0.4, -0.2) is 9.55 Å². The molecule has 5 aromatic carbocycles. The number of anilines is 4. The minimum Gasteiger partial charge on any atom is -0.515 e. The molecule has 0 atom stereocenters. The molecule has 0 saturated carbocycles. The van der Waals surface area contributed by atoms with E-state index in [0.717, 1.165) is 75.2 Å². The average molecular weight is 949 g/mol. The number of aryl methyl sites for hydroxylation is 2. The van der Waals surface area contributed by atoms with Gasteiger partial charge in [0.1, 0.15) is 5.82 Å². The summed E-state index contributed by atoms with van der Waals surface area (Å²) in [5.41, 5.74) is 12.2. The zero-order valence-corrected chi connectivity index (χ0v) is 38.1. The summed E-state index contributed by atoms with van der Waals surface area (Å²) in [4.78, 5) is 6.86. The molecule has 7 rings (SSSR count). The Kier molecular flexibility index (Phi) is 12.6. The zero-order valence-electron chi connectivity index (χ0n) is 35.8. The summed E-state index contributed by atoms with van der Waals surface area (Å²) in [5, 5.41) is 6.02. The Morgan fingerprint density at radius 2 is 1.47 bits per heavy atom. The van der Waals surface area contributed by atoms with Crippen molar-refractivity contribution in [2.75, 3.05) is 10.2 Å². The molecule has 58 heavy (non-hydrogen) atoms. The van der Waals surface area contributed by atoms with Gasteiger partial charge < -0.3 is 19.5 Å². The van der Waals surface area contributed by atoms with Crippen molar-refractivity contribution in [2.24, 2.45) is 5.92 Å². The molecule has 0 saturated heterocycles. The molecule has 0 spiro atoms. The second-order valence-electron chi connectivity index (χ2n) is 17.8. The van der Waals surface area contributed by atoms with Gasteiger partial charge in [-0.15, -0.1) is 41.4 Å². The molecule has 0 aliphatic rings. The fourth-order valence-electron chi connectivity index (χ4n) is 7.68. The molecule has 2 aromatic heterocycles. The summed E-state index contributed by atoms with van der Waals surface area (Å²) in [7, 11) is 4.66. The van der Waals surface area contributed by atoms with Crippen molar-refractivity contribution in [1.29, 1.82) is 0 Å². The summed E-state index contributed by atoms with van der Waals surface area (Å²) < 4.78 is 8.94. The number of ether oxygens (including phenoxy) is 1. The molecular formula is C52H57N4OPt-3. The van der Waals surface area contributed by atoms with E-state index >= 15 is 0 Å². The van der Waals surface area contributed by atoms with Crippen LogP contribution in [0.1, 0.15) is 97.1 Å². The van der Waals surface area contributed by atoms with Gasteiger partial charge in [-0.2, -0.15) is 11.6 Å². The second kappa shape index (κ2) is 17.2. The van der Waals surface area contributed by atoms with Crippen LogP contribution in [0.5, 0.6) is 11.5 Å². The monoisotopic (exact) mass is 948 g/mol. The molecule has 0 radical (unpaired) electrons. The van der Waals surface area contributed by atoms with Gasteiger partial charge in [-0.05, 0) is 106 Å². The van der Waals surface area contributed by atoms with E-state index in [1.165, 1.54) is 22.3 Å². The molecule has 5 nitrogen and oxygen atoms in total. The smallest absolute Gasteiger partial charge is 0.135 e. The number of hydrogen-bond acceptors (Lipinski definition) is 4. The van der Waals surface area contributed by atoms with E-state index in [9.17, 15) is 0 Å². The van der Waals surface area contributed by atoms with Crippen molar-refractivity contribution < 1.29 is 25.8 Å². The second-order valence-corrected chi connectivity index (χ2v) is 17.8. The van der Waals surface area contributed by atoms with E-state index in [1.807, 2.05) is 17.2 Å². The largest absolute Gasteiger partial charge is 0.515 e. The Balaban J connectivity index is 0.00000567. The molecule has 0 amide bonds. The number of aromatic nitrogens is 2. The average Bonchev–Trinajstić information content (AvgIpc) is 3.50. The molecule has 0 aliphatic carbocycles. The van der Waals surface area contributed by atoms with Crippen LogP contribution in [-0.2, 0) is 51.2 Å². The van der Waals surface area contributed by atoms with Gasteiger partial charge in [0, 0.05) is 55.7 Å². The summed E-state index contributed by atoms with van der Waals surface area (Å²) in [5.74, 6) is 2.54. The summed E-state index contributed by atoms with van der Waals surface area (Å²) in [6, 6.07) is 41.8. The van der Waals surface area contributed by atoms with Crippen LogP contribution in [0, 0.1) is 25.1 Å². The van der Waals surface area contributed by atoms with Crippen molar-refractivity contribution in [1.82, 2.24) is 9.55 Å². The molecular weight excluding hydrogens is 892 g/mol. The van der Waals surface area contributed by atoms with Gasteiger partial charge in [-0.25, -0.2) is 4.98 Å². The van der Waals surface area contributed by atoms with Crippen LogP contribution >= 0.6 is 0 Å². The van der Waals surface area contributed by atoms with Crippen molar-refractivity contribution in [3.63, 3.8) is 0 Å². The first-order valence-corrected chi connectivity index (χ1v) is 20.4. The normalized spacial score (nSPS) is 11.9. The fourth-order valence-corrected chi connectivity index (χ4v) is 7.68. The molecule has 7 aromatic rings. The van der Waals surface area contributed by atoms with Crippen LogP contribution < -0.4 is 15.0 Å². The first-order valence-electron chi connectivity index (χ1n) is 20.4. The van der Waals surface area contributed by atoms with Crippen molar-refractivity contribution >= 4 is 44.6 Å². The Hall–Kier alpha value is -4.86. The van der Waals surface area contributed by atoms with Crippen LogP contribution in [0.15, 0.2) is 103 Å². The summed E-state index contributed by atoms with van der Waals surface area (Å²) in [6.45, 7) is 22.4. The number of nitrogens with one attached hydrogen (secondary N) is 1. The van der Waals surface area contributed by atoms with Gasteiger partial charge in [0.05, 0.1) is 5.69 Å². The van der Waals surface area contributed by atoms with Crippen LogP contribution in [0.3, 0.4) is 0 Å².